The smallest absolute Gasteiger partial charge is 0.229 e. The van der Waals surface area contributed by atoms with Crippen LogP contribution in [0.25, 0.3) is 0 Å². The summed E-state index contributed by atoms with van der Waals surface area (Å²) in [6, 6.07) is 0. The van der Waals surface area contributed by atoms with Gasteiger partial charge in [0.2, 0.25) is 11.8 Å². The molecular weight excluding hydrogens is 274 g/mol. The average molecular weight is 309 g/mol. The molecule has 1 heterocycles. The average Bonchev–Trinajstić information content (AvgIpc) is 2.51. The number of imide groups is 1. The summed E-state index contributed by atoms with van der Waals surface area (Å²) in [7, 11) is 0. The third-order valence-electron chi connectivity index (χ3n) is 4.62. The topological polar surface area (TPSA) is 37.4 Å². The predicted octanol–water partition coefficient (Wildman–Crippen LogP) is 5.23. The third-order valence-corrected chi connectivity index (χ3v) is 4.62. The summed E-state index contributed by atoms with van der Waals surface area (Å²) in [5, 5.41) is 0. The molecule has 0 bridgehead atoms. The van der Waals surface area contributed by atoms with Crippen LogP contribution >= 0.6 is 0 Å². The summed E-state index contributed by atoms with van der Waals surface area (Å²) in [4.78, 5) is 24.8. The van der Waals surface area contributed by atoms with E-state index in [2.05, 4.69) is 6.92 Å². The van der Waals surface area contributed by atoms with E-state index in [1.807, 2.05) is 0 Å². The van der Waals surface area contributed by atoms with Crippen molar-refractivity contribution in [3.8, 4) is 0 Å². The minimum absolute atomic E-state index is 0.0410. The lowest BCUT2D eigenvalue weighted by Crippen LogP contribution is -2.40. The van der Waals surface area contributed by atoms with Crippen molar-refractivity contribution in [2.45, 2.75) is 103 Å². The maximum atomic E-state index is 11.6. The highest BCUT2D eigenvalue weighted by atomic mass is 16.2. The van der Waals surface area contributed by atoms with E-state index in [1.54, 1.807) is 0 Å². The number of carbonyl (C=O) groups is 2. The van der Waals surface area contributed by atoms with E-state index >= 15 is 0 Å². The number of nitrogens with zero attached hydrogens (tertiary/aromatic N) is 1. The Hall–Kier alpha value is -0.860. The van der Waals surface area contributed by atoms with Gasteiger partial charge in [-0.05, 0) is 12.8 Å². The fraction of sp³-hybridized carbons (Fsp3) is 0.895. The largest absolute Gasteiger partial charge is 0.283 e. The number of carbonyl (C=O) groups excluding carboxylic acids is 2. The Morgan fingerprint density at radius 2 is 1.09 bits per heavy atom. The second-order valence-corrected chi connectivity index (χ2v) is 6.68. The Labute approximate surface area is 136 Å². The Kier molecular flexibility index (Phi) is 11.0. The number of amides is 2. The highest BCUT2D eigenvalue weighted by Crippen LogP contribution is 2.15. The van der Waals surface area contributed by atoms with E-state index in [4.69, 9.17) is 0 Å². The standard InChI is InChI=1S/C19H35NO2/c1-2-3-4-5-6-7-8-9-10-11-12-13-17-20-18(21)15-14-16-19(20)22/h2-17H2,1H3. The van der Waals surface area contributed by atoms with Crippen molar-refractivity contribution in [2.75, 3.05) is 6.54 Å². The molecule has 1 aliphatic rings. The molecule has 1 rings (SSSR count). The molecule has 3 heteroatoms. The van der Waals surface area contributed by atoms with Crippen LogP contribution in [0.15, 0.2) is 0 Å². The first-order chi connectivity index (χ1) is 10.8. The fourth-order valence-electron chi connectivity index (χ4n) is 3.16. The number of hydrogen-bond donors (Lipinski definition) is 0. The molecule has 0 aromatic heterocycles. The Bertz CT molecular complexity index is 299. The predicted molar refractivity (Wildman–Crippen MR) is 91.6 cm³/mol. The molecule has 1 fully saturated rings. The Morgan fingerprint density at radius 3 is 1.55 bits per heavy atom. The van der Waals surface area contributed by atoms with Gasteiger partial charge in [0.05, 0.1) is 0 Å². The molecule has 0 atom stereocenters. The fourth-order valence-corrected chi connectivity index (χ4v) is 3.16. The zero-order valence-electron chi connectivity index (χ0n) is 14.6. The van der Waals surface area contributed by atoms with E-state index in [9.17, 15) is 9.59 Å². The van der Waals surface area contributed by atoms with Crippen molar-refractivity contribution >= 4 is 11.8 Å². The van der Waals surface area contributed by atoms with Gasteiger partial charge in [0.15, 0.2) is 0 Å². The van der Waals surface area contributed by atoms with Crippen LogP contribution in [-0.2, 0) is 9.59 Å². The van der Waals surface area contributed by atoms with Crippen LogP contribution in [0.3, 0.4) is 0 Å². The van der Waals surface area contributed by atoms with Crippen molar-refractivity contribution in [3.63, 3.8) is 0 Å². The summed E-state index contributed by atoms with van der Waals surface area (Å²) in [6.45, 7) is 2.91. The number of piperidine rings is 1. The van der Waals surface area contributed by atoms with Crippen LogP contribution < -0.4 is 0 Å². The van der Waals surface area contributed by atoms with Gasteiger partial charge in [0, 0.05) is 19.4 Å². The monoisotopic (exact) mass is 309 g/mol. The maximum Gasteiger partial charge on any atom is 0.229 e. The van der Waals surface area contributed by atoms with E-state index in [0.717, 1.165) is 19.3 Å². The summed E-state index contributed by atoms with van der Waals surface area (Å²) in [5.74, 6) is 0.0821. The quantitative estimate of drug-likeness (QED) is 0.345. The number of likely N-dealkylation sites (tertiary alicyclic amines) is 1. The number of unbranched alkanes of at least 4 members (excludes halogenated alkanes) is 11. The lowest BCUT2D eigenvalue weighted by Gasteiger charge is -2.24. The molecule has 0 aromatic carbocycles. The Morgan fingerprint density at radius 1 is 0.682 bits per heavy atom. The Balaban J connectivity index is 1.85. The van der Waals surface area contributed by atoms with Gasteiger partial charge < -0.3 is 0 Å². The second kappa shape index (κ2) is 12.7. The zero-order valence-corrected chi connectivity index (χ0v) is 14.6. The van der Waals surface area contributed by atoms with Crippen molar-refractivity contribution in [3.05, 3.63) is 0 Å². The van der Waals surface area contributed by atoms with Crippen LogP contribution in [-0.4, -0.2) is 23.3 Å². The summed E-state index contributed by atoms with van der Waals surface area (Å²) < 4.78 is 0. The van der Waals surface area contributed by atoms with Gasteiger partial charge in [-0.2, -0.15) is 0 Å². The van der Waals surface area contributed by atoms with Gasteiger partial charge in [-0.3, -0.25) is 14.5 Å². The molecule has 22 heavy (non-hydrogen) atoms. The summed E-state index contributed by atoms with van der Waals surface area (Å²) >= 11 is 0. The van der Waals surface area contributed by atoms with Crippen molar-refractivity contribution < 1.29 is 9.59 Å². The number of rotatable bonds is 13. The van der Waals surface area contributed by atoms with Crippen LogP contribution in [0.5, 0.6) is 0 Å². The molecule has 1 aliphatic heterocycles. The van der Waals surface area contributed by atoms with Crippen LogP contribution in [0.1, 0.15) is 103 Å². The van der Waals surface area contributed by atoms with Crippen LogP contribution in [0, 0.1) is 0 Å². The van der Waals surface area contributed by atoms with E-state index in [1.165, 1.54) is 69.1 Å². The van der Waals surface area contributed by atoms with Crippen molar-refractivity contribution in [1.82, 2.24) is 4.90 Å². The van der Waals surface area contributed by atoms with E-state index < -0.39 is 0 Å². The molecule has 0 aliphatic carbocycles. The normalized spacial score (nSPS) is 15.6. The molecule has 1 saturated heterocycles. The van der Waals surface area contributed by atoms with Crippen molar-refractivity contribution in [1.29, 1.82) is 0 Å². The lowest BCUT2D eigenvalue weighted by atomic mass is 10.0. The van der Waals surface area contributed by atoms with Crippen LogP contribution in [0.2, 0.25) is 0 Å². The molecule has 0 aromatic rings. The molecule has 0 radical (unpaired) electrons. The molecule has 0 N–H and O–H groups in total. The van der Waals surface area contributed by atoms with E-state index in [-0.39, 0.29) is 11.8 Å². The molecule has 0 spiro atoms. The third kappa shape index (κ3) is 8.55. The minimum Gasteiger partial charge on any atom is -0.283 e. The van der Waals surface area contributed by atoms with Gasteiger partial charge in [-0.1, -0.05) is 77.6 Å². The first-order valence-corrected chi connectivity index (χ1v) is 9.59. The highest BCUT2D eigenvalue weighted by molar-refractivity contribution is 5.97. The lowest BCUT2D eigenvalue weighted by molar-refractivity contribution is -0.147. The van der Waals surface area contributed by atoms with Crippen LogP contribution in [0.4, 0.5) is 0 Å². The van der Waals surface area contributed by atoms with E-state index in [0.29, 0.717) is 19.4 Å². The molecule has 0 saturated carbocycles. The summed E-state index contributed by atoms with van der Waals surface area (Å²) in [5.41, 5.74) is 0. The number of hydrogen-bond acceptors (Lipinski definition) is 2. The minimum atomic E-state index is 0.0410. The van der Waals surface area contributed by atoms with Gasteiger partial charge in [-0.25, -0.2) is 0 Å². The second-order valence-electron chi connectivity index (χ2n) is 6.68. The molecule has 128 valence electrons. The van der Waals surface area contributed by atoms with Gasteiger partial charge in [0.1, 0.15) is 0 Å². The molecule has 3 nitrogen and oxygen atoms in total. The summed E-state index contributed by atoms with van der Waals surface area (Å²) in [6.07, 6.45) is 17.6. The van der Waals surface area contributed by atoms with Gasteiger partial charge >= 0.3 is 0 Å². The first kappa shape index (κ1) is 19.2. The van der Waals surface area contributed by atoms with Gasteiger partial charge in [-0.15, -0.1) is 0 Å². The molecule has 0 unspecified atom stereocenters. The maximum absolute atomic E-state index is 11.6. The SMILES string of the molecule is CCCCCCCCCCCCCCN1C(=O)CCCC1=O. The van der Waals surface area contributed by atoms with Crippen molar-refractivity contribution in [2.24, 2.45) is 0 Å². The highest BCUT2D eigenvalue weighted by Gasteiger charge is 2.24. The molecular formula is C19H35NO2. The zero-order chi connectivity index (χ0) is 16.0. The first-order valence-electron chi connectivity index (χ1n) is 9.59. The molecule has 2 amide bonds. The van der Waals surface area contributed by atoms with Gasteiger partial charge in [0.25, 0.3) is 0 Å².